The summed E-state index contributed by atoms with van der Waals surface area (Å²) in [6.45, 7) is 4.95. The van der Waals surface area contributed by atoms with E-state index in [9.17, 15) is 17.6 Å². The van der Waals surface area contributed by atoms with Crippen molar-refractivity contribution in [2.75, 3.05) is 31.1 Å². The molecule has 1 aliphatic rings. The number of hydrogen-bond acceptors (Lipinski definition) is 2. The number of piperazine rings is 1. The van der Waals surface area contributed by atoms with E-state index in [-0.39, 0.29) is 11.9 Å². The van der Waals surface area contributed by atoms with Crippen molar-refractivity contribution in [3.8, 4) is 0 Å². The molecule has 26 heavy (non-hydrogen) atoms. The van der Waals surface area contributed by atoms with Crippen molar-refractivity contribution < 1.29 is 17.6 Å². The summed E-state index contributed by atoms with van der Waals surface area (Å²) in [4.78, 5) is 4.26. The van der Waals surface area contributed by atoms with Crippen molar-refractivity contribution >= 4 is 5.69 Å². The van der Waals surface area contributed by atoms with E-state index in [1.807, 2.05) is 17.9 Å². The monoisotopic (exact) mass is 366 g/mol. The quantitative estimate of drug-likeness (QED) is 0.730. The van der Waals surface area contributed by atoms with Gasteiger partial charge in [-0.1, -0.05) is 30.3 Å². The summed E-state index contributed by atoms with van der Waals surface area (Å²) in [5.41, 5.74) is 0.688. The number of alkyl halides is 3. The van der Waals surface area contributed by atoms with Gasteiger partial charge in [-0.05, 0) is 37.1 Å². The molecule has 0 amide bonds. The average molecular weight is 366 g/mol. The first-order valence-corrected chi connectivity index (χ1v) is 8.74. The number of benzene rings is 2. The number of anilines is 1. The minimum absolute atomic E-state index is 0.126. The van der Waals surface area contributed by atoms with E-state index >= 15 is 0 Å². The molecule has 0 bridgehead atoms. The van der Waals surface area contributed by atoms with Gasteiger partial charge in [-0.3, -0.25) is 4.90 Å². The second-order valence-corrected chi connectivity index (χ2v) is 6.73. The molecule has 1 atom stereocenters. The summed E-state index contributed by atoms with van der Waals surface area (Å²) in [5, 5.41) is 0. The fourth-order valence-electron chi connectivity index (χ4n) is 3.46. The Labute approximate surface area is 151 Å². The lowest BCUT2D eigenvalue weighted by Gasteiger charge is -2.39. The van der Waals surface area contributed by atoms with Gasteiger partial charge in [-0.2, -0.15) is 13.2 Å². The SMILES string of the molecule is C[C@H](Cc1cccc(C(F)(F)F)c1)N1CCN(c2ccccc2F)CC1. The predicted octanol–water partition coefficient (Wildman–Crippen LogP) is 4.60. The largest absolute Gasteiger partial charge is 0.416 e. The molecule has 1 saturated heterocycles. The Bertz CT molecular complexity index is 737. The molecule has 1 heterocycles. The highest BCUT2D eigenvalue weighted by molar-refractivity contribution is 5.48. The Morgan fingerprint density at radius 3 is 2.31 bits per heavy atom. The van der Waals surface area contributed by atoms with E-state index in [1.165, 1.54) is 18.2 Å². The topological polar surface area (TPSA) is 6.48 Å². The van der Waals surface area contributed by atoms with Gasteiger partial charge in [0.15, 0.2) is 0 Å². The molecule has 2 aromatic carbocycles. The Kier molecular flexibility index (Phi) is 5.51. The number of halogens is 4. The van der Waals surface area contributed by atoms with Crippen molar-refractivity contribution in [3.05, 3.63) is 65.5 Å². The van der Waals surface area contributed by atoms with E-state index in [1.54, 1.807) is 18.2 Å². The van der Waals surface area contributed by atoms with Crippen LogP contribution in [-0.4, -0.2) is 37.1 Å². The molecule has 0 saturated carbocycles. The van der Waals surface area contributed by atoms with Crippen LogP contribution in [0.5, 0.6) is 0 Å². The summed E-state index contributed by atoms with van der Waals surface area (Å²) in [5.74, 6) is -0.224. The second kappa shape index (κ2) is 7.66. The molecule has 0 aliphatic carbocycles. The molecule has 0 unspecified atom stereocenters. The van der Waals surface area contributed by atoms with Crippen LogP contribution in [-0.2, 0) is 12.6 Å². The van der Waals surface area contributed by atoms with Crippen LogP contribution in [0.4, 0.5) is 23.2 Å². The van der Waals surface area contributed by atoms with Crippen LogP contribution in [0.25, 0.3) is 0 Å². The van der Waals surface area contributed by atoms with Crippen molar-refractivity contribution in [2.24, 2.45) is 0 Å². The van der Waals surface area contributed by atoms with E-state index in [4.69, 9.17) is 0 Å². The number of hydrogen-bond donors (Lipinski definition) is 0. The normalized spacial score (nSPS) is 17.3. The number of rotatable bonds is 4. The molecule has 6 heteroatoms. The van der Waals surface area contributed by atoms with Crippen LogP contribution in [0, 0.1) is 5.82 Å². The molecule has 0 spiro atoms. The third-order valence-electron chi connectivity index (χ3n) is 4.92. The zero-order valence-corrected chi connectivity index (χ0v) is 14.6. The van der Waals surface area contributed by atoms with Crippen LogP contribution in [0.15, 0.2) is 48.5 Å². The zero-order valence-electron chi connectivity index (χ0n) is 14.6. The molecule has 1 aliphatic heterocycles. The van der Waals surface area contributed by atoms with Crippen LogP contribution in [0.1, 0.15) is 18.1 Å². The molecular formula is C20H22F4N2. The van der Waals surface area contributed by atoms with Crippen molar-refractivity contribution in [1.82, 2.24) is 4.90 Å². The smallest absolute Gasteiger partial charge is 0.367 e. The predicted molar refractivity (Wildman–Crippen MR) is 94.8 cm³/mol. The molecule has 0 N–H and O–H groups in total. The third-order valence-corrected chi connectivity index (χ3v) is 4.92. The molecule has 0 aromatic heterocycles. The molecule has 2 aromatic rings. The van der Waals surface area contributed by atoms with Gasteiger partial charge >= 0.3 is 6.18 Å². The number of para-hydroxylation sites is 1. The summed E-state index contributed by atoms with van der Waals surface area (Å²) >= 11 is 0. The van der Waals surface area contributed by atoms with Gasteiger partial charge in [0.05, 0.1) is 11.3 Å². The first-order chi connectivity index (χ1) is 12.3. The number of nitrogens with zero attached hydrogens (tertiary/aromatic N) is 2. The van der Waals surface area contributed by atoms with Gasteiger partial charge in [0, 0.05) is 32.2 Å². The third kappa shape index (κ3) is 4.36. The maximum Gasteiger partial charge on any atom is 0.416 e. The molecule has 1 fully saturated rings. The van der Waals surface area contributed by atoms with E-state index in [0.717, 1.165) is 19.2 Å². The Balaban J connectivity index is 1.59. The van der Waals surface area contributed by atoms with Crippen molar-refractivity contribution in [1.29, 1.82) is 0 Å². The lowest BCUT2D eigenvalue weighted by molar-refractivity contribution is -0.137. The molecular weight excluding hydrogens is 344 g/mol. The highest BCUT2D eigenvalue weighted by Crippen LogP contribution is 2.30. The van der Waals surface area contributed by atoms with Gasteiger partial charge in [-0.25, -0.2) is 4.39 Å². The van der Waals surface area contributed by atoms with E-state index in [2.05, 4.69) is 4.90 Å². The lowest BCUT2D eigenvalue weighted by Crippen LogP contribution is -2.50. The van der Waals surface area contributed by atoms with Crippen molar-refractivity contribution in [2.45, 2.75) is 25.6 Å². The Morgan fingerprint density at radius 2 is 1.65 bits per heavy atom. The fourth-order valence-corrected chi connectivity index (χ4v) is 3.46. The first kappa shape index (κ1) is 18.7. The molecule has 140 valence electrons. The van der Waals surface area contributed by atoms with E-state index < -0.39 is 11.7 Å². The summed E-state index contributed by atoms with van der Waals surface area (Å²) in [6, 6.07) is 12.4. The van der Waals surface area contributed by atoms with Gasteiger partial charge in [-0.15, -0.1) is 0 Å². The summed E-state index contributed by atoms with van der Waals surface area (Å²) < 4.78 is 52.5. The molecule has 0 radical (unpaired) electrons. The van der Waals surface area contributed by atoms with Crippen LogP contribution >= 0.6 is 0 Å². The van der Waals surface area contributed by atoms with Crippen LogP contribution < -0.4 is 4.90 Å². The maximum atomic E-state index is 13.9. The van der Waals surface area contributed by atoms with Gasteiger partial charge < -0.3 is 4.90 Å². The summed E-state index contributed by atoms with van der Waals surface area (Å²) in [7, 11) is 0. The fraction of sp³-hybridized carbons (Fsp3) is 0.400. The molecule has 3 rings (SSSR count). The summed E-state index contributed by atoms with van der Waals surface area (Å²) in [6.07, 6.45) is -3.76. The van der Waals surface area contributed by atoms with Gasteiger partial charge in [0.25, 0.3) is 0 Å². The first-order valence-electron chi connectivity index (χ1n) is 8.74. The van der Waals surface area contributed by atoms with E-state index in [0.29, 0.717) is 30.8 Å². The standard InChI is InChI=1S/C20H22F4N2/c1-15(13-16-5-4-6-17(14-16)20(22,23)24)25-9-11-26(12-10-25)19-8-3-2-7-18(19)21/h2-8,14-15H,9-13H2,1H3/t15-/m1/s1. The zero-order chi connectivity index (χ0) is 18.7. The average Bonchev–Trinajstić information content (AvgIpc) is 2.62. The minimum atomic E-state index is -4.31. The highest BCUT2D eigenvalue weighted by Gasteiger charge is 2.30. The minimum Gasteiger partial charge on any atom is -0.367 e. The van der Waals surface area contributed by atoms with Crippen LogP contribution in [0.2, 0.25) is 0 Å². The Hall–Kier alpha value is -2.08. The Morgan fingerprint density at radius 1 is 0.962 bits per heavy atom. The highest BCUT2D eigenvalue weighted by atomic mass is 19.4. The lowest BCUT2D eigenvalue weighted by atomic mass is 10.0. The molecule has 2 nitrogen and oxygen atoms in total. The van der Waals surface area contributed by atoms with Crippen molar-refractivity contribution in [3.63, 3.8) is 0 Å². The second-order valence-electron chi connectivity index (χ2n) is 6.73. The van der Waals surface area contributed by atoms with Gasteiger partial charge in [0.2, 0.25) is 0 Å². The van der Waals surface area contributed by atoms with Crippen LogP contribution in [0.3, 0.4) is 0 Å². The maximum absolute atomic E-state index is 13.9. The van der Waals surface area contributed by atoms with Gasteiger partial charge in [0.1, 0.15) is 5.82 Å².